The van der Waals surface area contributed by atoms with Crippen molar-refractivity contribution in [2.24, 2.45) is 0 Å². The quantitative estimate of drug-likeness (QED) is 0.283. The maximum Gasteiger partial charge on any atom is 0.303 e. The van der Waals surface area contributed by atoms with Crippen molar-refractivity contribution >= 4 is 23.9 Å². The van der Waals surface area contributed by atoms with E-state index >= 15 is 0 Å². The minimum Gasteiger partial charge on any atom is -0.463 e. The Kier molecular flexibility index (Phi) is 7.74. The molecule has 0 amide bonds. The predicted octanol–water partition coefficient (Wildman–Crippen LogP) is -0.441. The minimum absolute atomic E-state index is 0.391. The monoisotopic (exact) mass is 364 g/mol. The second-order valence-electron chi connectivity index (χ2n) is 5.17. The fourth-order valence-electron chi connectivity index (χ4n) is 2.27. The van der Waals surface area contributed by atoms with Gasteiger partial charge in [0.1, 0.15) is 12.7 Å². The first-order valence-corrected chi connectivity index (χ1v) is 7.26. The van der Waals surface area contributed by atoms with Crippen LogP contribution in [0.1, 0.15) is 27.7 Å². The molecule has 0 bridgehead atoms. The molecular weight excluding hydrogens is 344 g/mol. The van der Waals surface area contributed by atoms with E-state index in [0.29, 0.717) is 0 Å². The molecule has 0 aromatic carbocycles. The molecule has 1 aliphatic rings. The summed E-state index contributed by atoms with van der Waals surface area (Å²) in [6.07, 6.45) is -6.79. The molecule has 0 spiro atoms. The Morgan fingerprint density at radius 2 is 1.28 bits per heavy atom. The molecule has 0 radical (unpaired) electrons. The normalized spacial score (nSPS) is 28.6. The number of esters is 4. The maximum atomic E-state index is 11.4. The van der Waals surface area contributed by atoms with Gasteiger partial charge >= 0.3 is 23.9 Å². The third kappa shape index (κ3) is 6.29. The van der Waals surface area contributed by atoms with Crippen molar-refractivity contribution in [2.45, 2.75) is 58.4 Å². The molecule has 1 N–H and O–H groups in total. The first-order valence-electron chi connectivity index (χ1n) is 7.26. The van der Waals surface area contributed by atoms with Crippen LogP contribution in [-0.2, 0) is 47.8 Å². The number of carbonyl (C=O) groups excluding carboxylic acids is 4. The van der Waals surface area contributed by atoms with Crippen LogP contribution in [0.2, 0.25) is 0 Å². The molecule has 142 valence electrons. The van der Waals surface area contributed by atoms with Gasteiger partial charge in [0.25, 0.3) is 0 Å². The molecule has 0 aromatic heterocycles. The van der Waals surface area contributed by atoms with Gasteiger partial charge in [0.15, 0.2) is 18.3 Å². The summed E-state index contributed by atoms with van der Waals surface area (Å²) < 4.78 is 25.3. The summed E-state index contributed by atoms with van der Waals surface area (Å²) in [6, 6.07) is 0. The zero-order valence-corrected chi connectivity index (χ0v) is 14.1. The van der Waals surface area contributed by atoms with Gasteiger partial charge < -0.3 is 23.7 Å². The molecule has 1 saturated heterocycles. The Hall–Kier alpha value is -2.24. The summed E-state index contributed by atoms with van der Waals surface area (Å²) in [6.45, 7) is 4.02. The van der Waals surface area contributed by atoms with Gasteiger partial charge in [-0.05, 0) is 0 Å². The van der Waals surface area contributed by atoms with Crippen LogP contribution in [0.4, 0.5) is 0 Å². The van der Waals surface area contributed by atoms with E-state index in [4.69, 9.17) is 28.9 Å². The Labute approximate surface area is 143 Å². The molecule has 0 unspecified atom stereocenters. The molecule has 1 fully saturated rings. The van der Waals surface area contributed by atoms with Crippen molar-refractivity contribution in [1.29, 1.82) is 0 Å². The summed E-state index contributed by atoms with van der Waals surface area (Å²) in [5, 5.41) is 9.02. The summed E-state index contributed by atoms with van der Waals surface area (Å²) in [7, 11) is 0. The fourth-order valence-corrected chi connectivity index (χ4v) is 2.27. The molecule has 0 aromatic rings. The third-order valence-corrected chi connectivity index (χ3v) is 3.05. The van der Waals surface area contributed by atoms with Crippen molar-refractivity contribution in [3.05, 3.63) is 0 Å². The molecule has 11 nitrogen and oxygen atoms in total. The van der Waals surface area contributed by atoms with Gasteiger partial charge in [-0.3, -0.25) is 19.2 Å². The van der Waals surface area contributed by atoms with Gasteiger partial charge in [0, 0.05) is 27.7 Å². The predicted molar refractivity (Wildman–Crippen MR) is 75.7 cm³/mol. The zero-order chi connectivity index (χ0) is 19.1. The molecular formula is C14H20O11. The van der Waals surface area contributed by atoms with Crippen molar-refractivity contribution in [3.8, 4) is 0 Å². The van der Waals surface area contributed by atoms with Crippen LogP contribution in [0.3, 0.4) is 0 Å². The van der Waals surface area contributed by atoms with Crippen LogP contribution >= 0.6 is 0 Å². The van der Waals surface area contributed by atoms with Gasteiger partial charge in [0.2, 0.25) is 6.29 Å². The lowest BCUT2D eigenvalue weighted by atomic mass is 9.98. The van der Waals surface area contributed by atoms with Crippen LogP contribution in [0.5, 0.6) is 0 Å². The maximum absolute atomic E-state index is 11.4. The van der Waals surface area contributed by atoms with E-state index in [0.717, 1.165) is 27.7 Å². The number of carbonyl (C=O) groups is 4. The van der Waals surface area contributed by atoms with Crippen LogP contribution in [-0.4, -0.2) is 66.4 Å². The SMILES string of the molecule is CC(=O)OC[C@H]1O[C@@H](OO)[C@H](OC(C)=O)[C@@H](OC(C)=O)[C@@H]1OC(C)=O. The van der Waals surface area contributed by atoms with Crippen molar-refractivity contribution < 1.29 is 53.0 Å². The van der Waals surface area contributed by atoms with E-state index in [1.165, 1.54) is 0 Å². The second-order valence-corrected chi connectivity index (χ2v) is 5.17. The highest BCUT2D eigenvalue weighted by atomic mass is 17.1. The Balaban J connectivity index is 3.18. The second kappa shape index (κ2) is 9.30. The average Bonchev–Trinajstić information content (AvgIpc) is 2.48. The Morgan fingerprint density at radius 3 is 1.72 bits per heavy atom. The first kappa shape index (κ1) is 20.8. The number of hydrogen-bond donors (Lipinski definition) is 1. The van der Waals surface area contributed by atoms with Crippen molar-refractivity contribution in [2.75, 3.05) is 6.61 Å². The Morgan fingerprint density at radius 1 is 0.800 bits per heavy atom. The molecule has 1 aliphatic heterocycles. The molecule has 0 saturated carbocycles. The van der Waals surface area contributed by atoms with Gasteiger partial charge in [-0.2, -0.15) is 0 Å². The number of hydrogen-bond acceptors (Lipinski definition) is 11. The molecule has 5 atom stereocenters. The lowest BCUT2D eigenvalue weighted by molar-refractivity contribution is -0.404. The molecule has 1 rings (SSSR count). The summed E-state index contributed by atoms with van der Waals surface area (Å²) in [5.74, 6) is -2.95. The van der Waals surface area contributed by atoms with Gasteiger partial charge in [-0.25, -0.2) is 10.1 Å². The molecule has 0 aliphatic carbocycles. The van der Waals surface area contributed by atoms with E-state index in [1.807, 2.05) is 0 Å². The van der Waals surface area contributed by atoms with Crippen LogP contribution in [0.15, 0.2) is 0 Å². The minimum atomic E-state index is -1.57. The topological polar surface area (TPSA) is 144 Å². The largest absolute Gasteiger partial charge is 0.463 e. The smallest absolute Gasteiger partial charge is 0.303 e. The van der Waals surface area contributed by atoms with Gasteiger partial charge in [-0.15, -0.1) is 0 Å². The number of rotatable bonds is 6. The first-order chi connectivity index (χ1) is 11.6. The van der Waals surface area contributed by atoms with Crippen LogP contribution in [0.25, 0.3) is 0 Å². The highest BCUT2D eigenvalue weighted by Crippen LogP contribution is 2.29. The molecule has 25 heavy (non-hydrogen) atoms. The van der Waals surface area contributed by atoms with E-state index in [-0.39, 0.29) is 0 Å². The molecule has 1 heterocycles. The van der Waals surface area contributed by atoms with Gasteiger partial charge in [0.05, 0.1) is 0 Å². The molecule has 11 heteroatoms. The highest BCUT2D eigenvalue weighted by Gasteiger charge is 2.53. The van der Waals surface area contributed by atoms with E-state index in [9.17, 15) is 19.2 Å². The van der Waals surface area contributed by atoms with E-state index < -0.39 is 61.2 Å². The van der Waals surface area contributed by atoms with Crippen LogP contribution < -0.4 is 0 Å². The standard InChI is InChI=1S/C14H20O11/c1-6(15)20-5-10-11(21-7(2)16)12(22-8(3)17)13(23-9(4)18)14(24-10)25-19/h10-14,19H,5H2,1-4H3/t10-,11-,12+,13-,14+/m1/s1. The lowest BCUT2D eigenvalue weighted by Crippen LogP contribution is -2.62. The average molecular weight is 364 g/mol. The summed E-state index contributed by atoms with van der Waals surface area (Å²) >= 11 is 0. The summed E-state index contributed by atoms with van der Waals surface area (Å²) in [4.78, 5) is 49.2. The fraction of sp³-hybridized carbons (Fsp3) is 0.714. The van der Waals surface area contributed by atoms with Gasteiger partial charge in [-0.1, -0.05) is 0 Å². The van der Waals surface area contributed by atoms with E-state index in [1.54, 1.807) is 0 Å². The van der Waals surface area contributed by atoms with Crippen LogP contribution in [0, 0.1) is 0 Å². The van der Waals surface area contributed by atoms with Crippen molar-refractivity contribution in [1.82, 2.24) is 0 Å². The third-order valence-electron chi connectivity index (χ3n) is 3.05. The van der Waals surface area contributed by atoms with E-state index in [2.05, 4.69) is 4.89 Å². The Bertz CT molecular complexity index is 517. The lowest BCUT2D eigenvalue weighted by Gasteiger charge is -2.42. The zero-order valence-electron chi connectivity index (χ0n) is 14.1. The highest BCUT2D eigenvalue weighted by molar-refractivity contribution is 5.68. The van der Waals surface area contributed by atoms with Crippen molar-refractivity contribution in [3.63, 3.8) is 0 Å². The number of ether oxygens (including phenoxy) is 5. The summed E-state index contributed by atoms with van der Waals surface area (Å²) in [5.41, 5.74) is 0.